The van der Waals surface area contributed by atoms with E-state index in [1.165, 1.54) is 12.0 Å². The van der Waals surface area contributed by atoms with Crippen LogP contribution < -0.4 is 10.0 Å². The first-order chi connectivity index (χ1) is 13.4. The number of sulfonamides is 1. The number of esters is 1. The van der Waals surface area contributed by atoms with Gasteiger partial charge in [0.05, 0.1) is 4.90 Å². The van der Waals surface area contributed by atoms with Gasteiger partial charge in [0.15, 0.2) is 6.61 Å². The SMILES string of the molecule is O=C(COC(=O)CNS(=O)(=O)c1ccc2c(c1)CCCC2)NC1CCCCC1. The van der Waals surface area contributed by atoms with Crippen molar-refractivity contribution in [2.24, 2.45) is 0 Å². The molecule has 0 aromatic heterocycles. The van der Waals surface area contributed by atoms with Gasteiger partial charge >= 0.3 is 5.97 Å². The Kier molecular flexibility index (Phi) is 7.07. The van der Waals surface area contributed by atoms with E-state index < -0.39 is 29.1 Å². The molecule has 154 valence electrons. The van der Waals surface area contributed by atoms with Crippen LogP contribution in [0.2, 0.25) is 0 Å². The molecule has 2 aliphatic rings. The van der Waals surface area contributed by atoms with Crippen LogP contribution in [0.5, 0.6) is 0 Å². The summed E-state index contributed by atoms with van der Waals surface area (Å²) >= 11 is 0. The van der Waals surface area contributed by atoms with Crippen LogP contribution in [0.1, 0.15) is 56.1 Å². The highest BCUT2D eigenvalue weighted by Crippen LogP contribution is 2.24. The highest BCUT2D eigenvalue weighted by Gasteiger charge is 2.20. The molecule has 8 heteroatoms. The lowest BCUT2D eigenvalue weighted by molar-refractivity contribution is -0.147. The van der Waals surface area contributed by atoms with Crippen molar-refractivity contribution in [3.63, 3.8) is 0 Å². The molecule has 2 aliphatic carbocycles. The number of hydrogen-bond acceptors (Lipinski definition) is 5. The van der Waals surface area contributed by atoms with E-state index in [0.717, 1.165) is 56.9 Å². The van der Waals surface area contributed by atoms with Gasteiger partial charge < -0.3 is 10.1 Å². The van der Waals surface area contributed by atoms with E-state index in [1.807, 2.05) is 6.07 Å². The molecule has 28 heavy (non-hydrogen) atoms. The Labute approximate surface area is 166 Å². The van der Waals surface area contributed by atoms with Gasteiger partial charge in [0.25, 0.3) is 5.91 Å². The van der Waals surface area contributed by atoms with E-state index in [-0.39, 0.29) is 16.8 Å². The third-order valence-corrected chi connectivity index (χ3v) is 6.77. The zero-order chi connectivity index (χ0) is 20.0. The van der Waals surface area contributed by atoms with Crippen molar-refractivity contribution in [1.82, 2.24) is 10.0 Å². The molecule has 1 amide bonds. The van der Waals surface area contributed by atoms with Crippen LogP contribution in [0.25, 0.3) is 0 Å². The number of fused-ring (bicyclic) bond motifs is 1. The van der Waals surface area contributed by atoms with Crippen LogP contribution in [0.3, 0.4) is 0 Å². The molecule has 1 saturated carbocycles. The Morgan fingerprint density at radius 1 is 1.00 bits per heavy atom. The molecule has 0 atom stereocenters. The fourth-order valence-corrected chi connectivity index (χ4v) is 4.85. The first-order valence-corrected chi connectivity index (χ1v) is 11.5. The number of benzene rings is 1. The third kappa shape index (κ3) is 5.78. The largest absolute Gasteiger partial charge is 0.455 e. The Hall–Kier alpha value is -1.93. The van der Waals surface area contributed by atoms with E-state index in [0.29, 0.717) is 0 Å². The first kappa shape index (κ1) is 20.8. The van der Waals surface area contributed by atoms with Crippen LogP contribution in [0, 0.1) is 0 Å². The number of ether oxygens (including phenoxy) is 1. The average molecular weight is 409 g/mol. The Balaban J connectivity index is 1.44. The summed E-state index contributed by atoms with van der Waals surface area (Å²) in [6.45, 7) is -0.897. The van der Waals surface area contributed by atoms with Crippen molar-refractivity contribution in [1.29, 1.82) is 0 Å². The normalized spacial score (nSPS) is 17.6. The lowest BCUT2D eigenvalue weighted by atomic mass is 9.92. The smallest absolute Gasteiger partial charge is 0.321 e. The summed E-state index contributed by atoms with van der Waals surface area (Å²) in [5.41, 5.74) is 2.24. The second-order valence-electron chi connectivity index (χ2n) is 7.53. The number of carbonyl (C=O) groups is 2. The molecular weight excluding hydrogens is 380 g/mol. The fraction of sp³-hybridized carbons (Fsp3) is 0.600. The number of amides is 1. The van der Waals surface area contributed by atoms with Crippen molar-refractivity contribution < 1.29 is 22.7 Å². The zero-order valence-corrected chi connectivity index (χ0v) is 16.9. The summed E-state index contributed by atoms with van der Waals surface area (Å²) in [6, 6.07) is 5.23. The molecule has 1 aromatic rings. The topological polar surface area (TPSA) is 102 Å². The van der Waals surface area contributed by atoms with Gasteiger partial charge in [0.1, 0.15) is 6.54 Å². The van der Waals surface area contributed by atoms with E-state index in [2.05, 4.69) is 10.0 Å². The number of nitrogens with one attached hydrogen (secondary N) is 2. The number of rotatable bonds is 7. The number of aryl methyl sites for hydroxylation is 2. The molecule has 2 N–H and O–H groups in total. The highest BCUT2D eigenvalue weighted by molar-refractivity contribution is 7.89. The van der Waals surface area contributed by atoms with Gasteiger partial charge in [-0.1, -0.05) is 25.3 Å². The molecule has 3 rings (SSSR count). The minimum absolute atomic E-state index is 0.141. The highest BCUT2D eigenvalue weighted by atomic mass is 32.2. The summed E-state index contributed by atoms with van der Waals surface area (Å²) in [6.07, 6.45) is 9.28. The van der Waals surface area contributed by atoms with E-state index >= 15 is 0 Å². The van der Waals surface area contributed by atoms with Gasteiger partial charge in [0.2, 0.25) is 10.0 Å². The monoisotopic (exact) mass is 408 g/mol. The molecule has 7 nitrogen and oxygen atoms in total. The zero-order valence-electron chi connectivity index (χ0n) is 16.0. The molecule has 1 fully saturated rings. The Bertz CT molecular complexity index is 816. The van der Waals surface area contributed by atoms with Gasteiger partial charge in [-0.05, 0) is 61.8 Å². The maximum atomic E-state index is 12.4. The molecule has 0 bridgehead atoms. The Morgan fingerprint density at radius 3 is 2.46 bits per heavy atom. The minimum Gasteiger partial charge on any atom is -0.455 e. The molecule has 0 radical (unpaired) electrons. The van der Waals surface area contributed by atoms with Gasteiger partial charge in [-0.15, -0.1) is 0 Å². The van der Waals surface area contributed by atoms with Gasteiger partial charge in [-0.2, -0.15) is 4.72 Å². The van der Waals surface area contributed by atoms with Crippen molar-refractivity contribution in [2.75, 3.05) is 13.2 Å². The quantitative estimate of drug-likeness (QED) is 0.671. The van der Waals surface area contributed by atoms with Crippen LogP contribution in [0.15, 0.2) is 23.1 Å². The standard InChI is InChI=1S/C20H28N2O5S/c23-19(22-17-8-2-1-3-9-17)14-27-20(24)13-21-28(25,26)18-11-10-15-6-4-5-7-16(15)12-18/h10-12,17,21H,1-9,13-14H2,(H,22,23). The number of hydrogen-bond donors (Lipinski definition) is 2. The summed E-state index contributed by atoms with van der Waals surface area (Å²) in [5, 5.41) is 2.85. The molecule has 0 saturated heterocycles. The maximum absolute atomic E-state index is 12.4. The molecule has 1 aromatic carbocycles. The second-order valence-corrected chi connectivity index (χ2v) is 9.29. The fourth-order valence-electron chi connectivity index (χ4n) is 3.83. The summed E-state index contributed by atoms with van der Waals surface area (Å²) in [4.78, 5) is 23.8. The van der Waals surface area contributed by atoms with Crippen LogP contribution >= 0.6 is 0 Å². The van der Waals surface area contributed by atoms with Crippen LogP contribution in [-0.4, -0.2) is 39.5 Å². The van der Waals surface area contributed by atoms with Crippen molar-refractivity contribution >= 4 is 21.9 Å². The van der Waals surface area contributed by atoms with Gasteiger partial charge in [-0.25, -0.2) is 8.42 Å². The third-order valence-electron chi connectivity index (χ3n) is 5.37. The van der Waals surface area contributed by atoms with Gasteiger partial charge in [0, 0.05) is 6.04 Å². The van der Waals surface area contributed by atoms with Crippen molar-refractivity contribution in [3.8, 4) is 0 Å². The Morgan fingerprint density at radius 2 is 1.71 bits per heavy atom. The summed E-state index contributed by atoms with van der Waals surface area (Å²) in [7, 11) is -3.80. The second kappa shape index (κ2) is 9.52. The van der Waals surface area contributed by atoms with Crippen LogP contribution in [0.4, 0.5) is 0 Å². The first-order valence-electron chi connectivity index (χ1n) is 10.0. The maximum Gasteiger partial charge on any atom is 0.321 e. The van der Waals surface area contributed by atoms with Crippen molar-refractivity contribution in [2.45, 2.75) is 68.7 Å². The lowest BCUT2D eigenvalue weighted by Crippen LogP contribution is -2.39. The van der Waals surface area contributed by atoms with Crippen LogP contribution in [-0.2, 0) is 37.2 Å². The molecule has 0 aliphatic heterocycles. The summed E-state index contributed by atoms with van der Waals surface area (Å²) < 4.78 is 32.0. The molecule has 0 unspecified atom stereocenters. The van der Waals surface area contributed by atoms with E-state index in [4.69, 9.17) is 4.74 Å². The summed E-state index contributed by atoms with van der Waals surface area (Å²) in [5.74, 6) is -1.13. The molecular formula is C20H28N2O5S. The van der Waals surface area contributed by atoms with Crippen molar-refractivity contribution in [3.05, 3.63) is 29.3 Å². The number of carbonyl (C=O) groups excluding carboxylic acids is 2. The molecule has 0 heterocycles. The van der Waals surface area contributed by atoms with E-state index in [1.54, 1.807) is 12.1 Å². The average Bonchev–Trinajstić information content (AvgIpc) is 2.71. The lowest BCUT2D eigenvalue weighted by Gasteiger charge is -2.22. The molecule has 0 spiro atoms. The minimum atomic E-state index is -3.80. The predicted molar refractivity (Wildman–Crippen MR) is 104 cm³/mol. The predicted octanol–water partition coefficient (Wildman–Crippen LogP) is 1.84. The van der Waals surface area contributed by atoms with Gasteiger partial charge in [-0.3, -0.25) is 9.59 Å². The van der Waals surface area contributed by atoms with E-state index in [9.17, 15) is 18.0 Å².